The number of sulfonamides is 2. The first kappa shape index (κ1) is 14.9. The van der Waals surface area contributed by atoms with E-state index < -0.39 is 42.0 Å². The van der Waals surface area contributed by atoms with Gasteiger partial charge in [-0.15, -0.1) is 0 Å². The molecule has 0 aliphatic heterocycles. The fourth-order valence-corrected chi connectivity index (χ4v) is 3.24. The minimum atomic E-state index is -4.32. The summed E-state index contributed by atoms with van der Waals surface area (Å²) in [6, 6.07) is 2.06. The molecule has 0 aliphatic rings. The van der Waals surface area contributed by atoms with Crippen molar-refractivity contribution < 1.29 is 26.7 Å². The average molecular weight is 295 g/mol. The SMILES string of the molecule is COc1ccc(S(N)(=O)=O)c(C[O])c1S(N)(=O)=O. The molecule has 0 heterocycles. The minimum Gasteiger partial charge on any atom is -0.495 e. The maximum Gasteiger partial charge on any atom is 0.242 e. The summed E-state index contributed by atoms with van der Waals surface area (Å²) in [6.07, 6.45) is 0. The standard InChI is InChI=1S/C8H11N2O6S2/c1-16-6-2-3-7(17(9,12)13)5(4-11)8(6)18(10,14)15/h2-3H,4H2,1H3,(H2,9,12,13)(H2,10,14,15). The van der Waals surface area contributed by atoms with Crippen molar-refractivity contribution in [3.63, 3.8) is 0 Å². The molecule has 0 bridgehead atoms. The van der Waals surface area contributed by atoms with E-state index in [1.54, 1.807) is 0 Å². The van der Waals surface area contributed by atoms with Crippen LogP contribution in [0.1, 0.15) is 5.56 Å². The largest absolute Gasteiger partial charge is 0.495 e. The van der Waals surface area contributed by atoms with Crippen LogP contribution in [0.25, 0.3) is 0 Å². The van der Waals surface area contributed by atoms with E-state index in [2.05, 4.69) is 0 Å². The summed E-state index contributed by atoms with van der Waals surface area (Å²) < 4.78 is 50.0. The highest BCUT2D eigenvalue weighted by atomic mass is 32.2. The van der Waals surface area contributed by atoms with Crippen LogP contribution < -0.4 is 15.0 Å². The second-order valence-corrected chi connectivity index (χ2v) is 6.34. The number of ether oxygens (including phenoxy) is 1. The van der Waals surface area contributed by atoms with Crippen LogP contribution >= 0.6 is 0 Å². The first-order valence-electron chi connectivity index (χ1n) is 4.46. The van der Waals surface area contributed by atoms with E-state index in [1.807, 2.05) is 0 Å². The average Bonchev–Trinajstić information content (AvgIpc) is 2.24. The topological polar surface area (TPSA) is 149 Å². The summed E-state index contributed by atoms with van der Waals surface area (Å²) in [6.45, 7) is -1.12. The fourth-order valence-electron chi connectivity index (χ4n) is 1.46. The van der Waals surface area contributed by atoms with Gasteiger partial charge < -0.3 is 4.74 Å². The second kappa shape index (κ2) is 4.82. The van der Waals surface area contributed by atoms with Crippen LogP contribution in [0.5, 0.6) is 5.75 Å². The van der Waals surface area contributed by atoms with Crippen molar-refractivity contribution in [3.8, 4) is 5.75 Å². The van der Waals surface area contributed by atoms with Crippen LogP contribution in [-0.4, -0.2) is 23.9 Å². The van der Waals surface area contributed by atoms with Gasteiger partial charge in [0.15, 0.2) is 0 Å². The van der Waals surface area contributed by atoms with Crippen molar-refractivity contribution >= 4 is 20.0 Å². The highest BCUT2D eigenvalue weighted by Crippen LogP contribution is 2.31. The molecule has 0 aromatic heterocycles. The van der Waals surface area contributed by atoms with Gasteiger partial charge in [0.1, 0.15) is 17.3 Å². The van der Waals surface area contributed by atoms with Gasteiger partial charge in [-0.25, -0.2) is 32.2 Å². The van der Waals surface area contributed by atoms with Crippen LogP contribution in [-0.2, 0) is 31.8 Å². The summed E-state index contributed by atoms with van der Waals surface area (Å²) in [7, 11) is -7.38. The van der Waals surface area contributed by atoms with Gasteiger partial charge in [0.2, 0.25) is 20.0 Å². The van der Waals surface area contributed by atoms with E-state index in [0.717, 1.165) is 19.2 Å². The first-order valence-corrected chi connectivity index (χ1v) is 7.55. The number of methoxy groups -OCH3 is 1. The zero-order chi connectivity index (χ0) is 14.1. The normalized spacial score (nSPS) is 12.4. The minimum absolute atomic E-state index is 0.212. The third-order valence-electron chi connectivity index (χ3n) is 2.14. The van der Waals surface area contributed by atoms with Crippen LogP contribution in [0, 0.1) is 0 Å². The van der Waals surface area contributed by atoms with E-state index in [4.69, 9.17) is 15.0 Å². The van der Waals surface area contributed by atoms with Crippen LogP contribution in [0.4, 0.5) is 0 Å². The molecule has 0 atom stereocenters. The zero-order valence-electron chi connectivity index (χ0n) is 9.28. The summed E-state index contributed by atoms with van der Waals surface area (Å²) >= 11 is 0. The van der Waals surface area contributed by atoms with Gasteiger partial charge in [0.25, 0.3) is 0 Å². The van der Waals surface area contributed by atoms with Gasteiger partial charge in [-0.2, -0.15) is 0 Å². The van der Waals surface area contributed by atoms with Gasteiger partial charge in [-0.3, -0.25) is 0 Å². The number of benzene rings is 1. The number of rotatable bonds is 4. The number of hydrogen-bond acceptors (Lipinski definition) is 5. The molecule has 1 radical (unpaired) electrons. The zero-order valence-corrected chi connectivity index (χ0v) is 10.9. The summed E-state index contributed by atoms with van der Waals surface area (Å²) in [5.41, 5.74) is -0.528. The molecular weight excluding hydrogens is 284 g/mol. The molecule has 0 unspecified atom stereocenters. The van der Waals surface area contributed by atoms with Gasteiger partial charge in [0, 0.05) is 5.56 Å². The van der Waals surface area contributed by atoms with E-state index in [9.17, 15) is 21.9 Å². The Labute approximate surface area is 104 Å². The highest BCUT2D eigenvalue weighted by molar-refractivity contribution is 7.90. The molecular formula is C8H11N2O6S2. The summed E-state index contributed by atoms with van der Waals surface area (Å²) in [5.74, 6) is -0.212. The Balaban J connectivity index is 3.87. The van der Waals surface area contributed by atoms with Crippen LogP contribution in [0.15, 0.2) is 21.9 Å². The lowest BCUT2D eigenvalue weighted by Crippen LogP contribution is -2.20. The van der Waals surface area contributed by atoms with Crippen molar-refractivity contribution in [2.75, 3.05) is 7.11 Å². The maximum absolute atomic E-state index is 11.4. The third-order valence-corrected chi connectivity index (χ3v) is 4.15. The Bertz CT molecular complexity index is 665. The Morgan fingerprint density at radius 3 is 2.00 bits per heavy atom. The Morgan fingerprint density at radius 1 is 1.11 bits per heavy atom. The quantitative estimate of drug-likeness (QED) is 0.724. The number of primary sulfonamides is 2. The molecule has 4 N–H and O–H groups in total. The molecule has 0 saturated carbocycles. The van der Waals surface area contributed by atoms with E-state index in [1.165, 1.54) is 0 Å². The fraction of sp³-hybridized carbons (Fsp3) is 0.250. The first-order chi connectivity index (χ1) is 8.12. The lowest BCUT2D eigenvalue weighted by Gasteiger charge is -2.13. The van der Waals surface area contributed by atoms with E-state index in [0.29, 0.717) is 0 Å². The summed E-state index contributed by atoms with van der Waals surface area (Å²) in [5, 5.41) is 20.9. The third kappa shape index (κ3) is 2.79. The van der Waals surface area contributed by atoms with Crippen molar-refractivity contribution in [2.24, 2.45) is 10.3 Å². The van der Waals surface area contributed by atoms with Gasteiger partial charge in [0.05, 0.1) is 12.0 Å². The van der Waals surface area contributed by atoms with Gasteiger partial charge in [-0.1, -0.05) is 0 Å². The monoisotopic (exact) mass is 295 g/mol. The van der Waals surface area contributed by atoms with Crippen molar-refractivity contribution in [1.29, 1.82) is 0 Å². The Hall–Kier alpha value is -1.20. The molecule has 18 heavy (non-hydrogen) atoms. The molecule has 0 saturated heterocycles. The van der Waals surface area contributed by atoms with E-state index in [-0.39, 0.29) is 5.75 Å². The lowest BCUT2D eigenvalue weighted by atomic mass is 10.2. The van der Waals surface area contributed by atoms with Crippen molar-refractivity contribution in [1.82, 2.24) is 0 Å². The highest BCUT2D eigenvalue weighted by Gasteiger charge is 2.26. The molecule has 1 aromatic carbocycles. The Morgan fingerprint density at radius 2 is 1.67 bits per heavy atom. The predicted octanol–water partition coefficient (Wildman–Crippen LogP) is -1.08. The van der Waals surface area contributed by atoms with Crippen LogP contribution in [0.2, 0.25) is 0 Å². The van der Waals surface area contributed by atoms with Crippen molar-refractivity contribution in [3.05, 3.63) is 17.7 Å². The molecule has 1 rings (SSSR count). The van der Waals surface area contributed by atoms with Crippen LogP contribution in [0.3, 0.4) is 0 Å². The predicted molar refractivity (Wildman–Crippen MR) is 60.1 cm³/mol. The molecule has 0 fully saturated rings. The molecule has 0 amide bonds. The van der Waals surface area contributed by atoms with E-state index >= 15 is 0 Å². The molecule has 1 aromatic rings. The molecule has 101 valence electrons. The molecule has 0 spiro atoms. The maximum atomic E-state index is 11.4. The summed E-state index contributed by atoms with van der Waals surface area (Å²) in [4.78, 5) is -1.24. The smallest absolute Gasteiger partial charge is 0.242 e. The second-order valence-electron chi connectivity index (χ2n) is 3.31. The number of nitrogens with two attached hydrogens (primary N) is 2. The number of hydrogen-bond donors (Lipinski definition) is 2. The Kier molecular flexibility index (Phi) is 3.98. The van der Waals surface area contributed by atoms with Gasteiger partial charge in [-0.05, 0) is 12.1 Å². The molecule has 8 nitrogen and oxygen atoms in total. The van der Waals surface area contributed by atoms with Gasteiger partial charge >= 0.3 is 0 Å². The van der Waals surface area contributed by atoms with Crippen molar-refractivity contribution in [2.45, 2.75) is 16.4 Å². The lowest BCUT2D eigenvalue weighted by molar-refractivity contribution is 0.172. The molecule has 10 heteroatoms. The molecule has 0 aliphatic carbocycles.